The summed E-state index contributed by atoms with van der Waals surface area (Å²) < 4.78 is 86.3. The van der Waals surface area contributed by atoms with E-state index in [1.54, 1.807) is 0 Å². The smallest absolute Gasteiger partial charge is 0.382 e. The molecule has 4 aromatic rings. The van der Waals surface area contributed by atoms with Crippen molar-refractivity contribution in [3.8, 4) is 17.1 Å². The highest BCUT2D eigenvalue weighted by Crippen LogP contribution is 2.27. The first-order chi connectivity index (χ1) is 20.7. The van der Waals surface area contributed by atoms with E-state index < -0.39 is 55.8 Å². The van der Waals surface area contributed by atoms with Crippen molar-refractivity contribution in [2.75, 3.05) is 19.7 Å². The van der Waals surface area contributed by atoms with Gasteiger partial charge in [-0.25, -0.2) is 24.1 Å². The van der Waals surface area contributed by atoms with E-state index in [1.807, 2.05) is 0 Å². The van der Waals surface area contributed by atoms with E-state index in [4.69, 9.17) is 16.3 Å². The Balaban J connectivity index is 1.43. The molecule has 1 saturated heterocycles. The van der Waals surface area contributed by atoms with Crippen LogP contribution in [0.15, 0.2) is 53.7 Å². The summed E-state index contributed by atoms with van der Waals surface area (Å²) in [5.41, 5.74) is -0.912. The lowest BCUT2D eigenvalue weighted by Crippen LogP contribution is -2.51. The second-order valence-electron chi connectivity index (χ2n) is 9.57. The zero-order valence-electron chi connectivity index (χ0n) is 22.2. The molecule has 1 aliphatic heterocycles. The van der Waals surface area contributed by atoms with Gasteiger partial charge in [-0.05, 0) is 36.4 Å². The highest BCUT2D eigenvalue weighted by Gasteiger charge is 2.44. The number of hydrogen-bond donors (Lipinski definition) is 1. The molecular weight excluding hydrogens is 626 g/mol. The molecule has 44 heavy (non-hydrogen) atoms. The molecule has 4 heterocycles. The Kier molecular flexibility index (Phi) is 8.50. The number of ether oxygens (including phenoxy) is 1. The quantitative estimate of drug-likeness (QED) is 0.303. The van der Waals surface area contributed by atoms with E-state index in [0.717, 1.165) is 20.6 Å². The summed E-state index contributed by atoms with van der Waals surface area (Å²) in [6.07, 6.45) is -12.3. The standard InChI is InChI=1S/C25H21ClF6N8O4/c26-15-5-3-14(4-6-15)21-36-39(23(43)38(21)10-17(41)24(27,28)29)12-19-34-13-40(35-19)16-2-1-7-33-20(16)22(42)37-8-9-44-18(11-37)25(30,31)32/h1-7,13,17-18,41H,8-12H2/t17-,18?/m1/s1. The van der Waals surface area contributed by atoms with E-state index in [0.29, 0.717) is 9.59 Å². The van der Waals surface area contributed by atoms with Crippen LogP contribution < -0.4 is 5.69 Å². The molecule has 0 spiro atoms. The minimum Gasteiger partial charge on any atom is -0.382 e. The number of hydrogen-bond acceptors (Lipinski definition) is 8. The van der Waals surface area contributed by atoms with Gasteiger partial charge in [-0.15, -0.1) is 10.2 Å². The van der Waals surface area contributed by atoms with E-state index >= 15 is 0 Å². The SMILES string of the molecule is O=C(c1ncccc1-n1cnc(Cn2nc(-c3ccc(Cl)cc3)n(C[C@@H](O)C(F)(F)F)c2=O)n1)N1CCOC(C(F)(F)F)C1. The number of alkyl halides is 6. The van der Waals surface area contributed by atoms with Crippen molar-refractivity contribution in [1.29, 1.82) is 0 Å². The molecule has 0 bridgehead atoms. The first-order valence-electron chi connectivity index (χ1n) is 12.7. The number of halogens is 7. The number of pyridine rings is 1. The van der Waals surface area contributed by atoms with Crippen molar-refractivity contribution in [3.63, 3.8) is 0 Å². The second-order valence-corrected chi connectivity index (χ2v) is 10.0. The van der Waals surface area contributed by atoms with E-state index in [9.17, 15) is 41.0 Å². The molecule has 0 aliphatic carbocycles. The Hall–Kier alpha value is -4.29. The largest absolute Gasteiger partial charge is 0.416 e. The van der Waals surface area contributed by atoms with E-state index in [-0.39, 0.29) is 41.7 Å². The van der Waals surface area contributed by atoms with Gasteiger partial charge in [-0.1, -0.05) is 11.6 Å². The predicted octanol–water partition coefficient (Wildman–Crippen LogP) is 2.72. The van der Waals surface area contributed by atoms with E-state index in [1.165, 1.54) is 42.6 Å². The molecule has 1 unspecified atom stereocenters. The molecule has 0 saturated carbocycles. The summed E-state index contributed by atoms with van der Waals surface area (Å²) in [6.45, 7) is -2.73. The Bertz CT molecular complexity index is 1700. The Morgan fingerprint density at radius 2 is 1.82 bits per heavy atom. The summed E-state index contributed by atoms with van der Waals surface area (Å²) in [5, 5.41) is 18.3. The van der Waals surface area contributed by atoms with Crippen LogP contribution >= 0.6 is 11.6 Å². The molecule has 1 aromatic carbocycles. The van der Waals surface area contributed by atoms with Gasteiger partial charge in [0.05, 0.1) is 25.4 Å². The third kappa shape index (κ3) is 6.61. The molecule has 1 fully saturated rings. The molecule has 5 rings (SSSR count). The molecule has 234 valence electrons. The van der Waals surface area contributed by atoms with Gasteiger partial charge in [0.25, 0.3) is 5.91 Å². The second kappa shape index (κ2) is 12.0. The van der Waals surface area contributed by atoms with Crippen molar-refractivity contribution in [2.24, 2.45) is 0 Å². The maximum Gasteiger partial charge on any atom is 0.416 e. The number of carbonyl (C=O) groups is 1. The molecule has 1 N–H and O–H groups in total. The summed E-state index contributed by atoms with van der Waals surface area (Å²) in [7, 11) is 0. The summed E-state index contributed by atoms with van der Waals surface area (Å²) in [4.78, 5) is 35.4. The zero-order valence-corrected chi connectivity index (χ0v) is 23.0. The van der Waals surface area contributed by atoms with Crippen molar-refractivity contribution in [1.82, 2.24) is 39.0 Å². The van der Waals surface area contributed by atoms with E-state index in [2.05, 4.69) is 20.2 Å². The Labute approximate surface area is 248 Å². The van der Waals surface area contributed by atoms with Gasteiger partial charge in [0.2, 0.25) is 0 Å². The number of amides is 1. The number of aliphatic hydroxyl groups is 1. The fourth-order valence-corrected chi connectivity index (χ4v) is 4.47. The molecule has 0 radical (unpaired) electrons. The lowest BCUT2D eigenvalue weighted by atomic mass is 10.2. The number of benzene rings is 1. The number of nitrogens with zero attached hydrogens (tertiary/aromatic N) is 8. The molecule has 2 atom stereocenters. The fraction of sp³-hybridized carbons (Fsp3) is 0.360. The van der Waals surface area contributed by atoms with Gasteiger partial charge >= 0.3 is 18.0 Å². The lowest BCUT2D eigenvalue weighted by molar-refractivity contribution is -0.233. The van der Waals surface area contributed by atoms with Crippen LogP contribution in [0, 0.1) is 0 Å². The third-order valence-electron chi connectivity index (χ3n) is 6.54. The topological polar surface area (TPSA) is 133 Å². The van der Waals surface area contributed by atoms with Gasteiger partial charge in [-0.3, -0.25) is 9.36 Å². The van der Waals surface area contributed by atoms with Crippen molar-refractivity contribution >= 4 is 17.5 Å². The van der Waals surface area contributed by atoms with Gasteiger partial charge in [0.15, 0.2) is 29.6 Å². The highest BCUT2D eigenvalue weighted by molar-refractivity contribution is 6.30. The Morgan fingerprint density at radius 3 is 2.50 bits per heavy atom. The molecule has 3 aromatic heterocycles. The van der Waals surface area contributed by atoms with Gasteiger partial charge < -0.3 is 14.7 Å². The average Bonchev–Trinajstić information content (AvgIpc) is 3.57. The third-order valence-corrected chi connectivity index (χ3v) is 6.80. The van der Waals surface area contributed by atoms with Crippen LogP contribution in [-0.2, 0) is 17.8 Å². The molecule has 1 amide bonds. The summed E-state index contributed by atoms with van der Waals surface area (Å²) >= 11 is 5.90. The first-order valence-corrected chi connectivity index (χ1v) is 13.1. The van der Waals surface area contributed by atoms with Crippen LogP contribution in [0.25, 0.3) is 17.1 Å². The van der Waals surface area contributed by atoms with Crippen LogP contribution in [0.3, 0.4) is 0 Å². The zero-order chi connectivity index (χ0) is 31.8. The predicted molar refractivity (Wildman–Crippen MR) is 139 cm³/mol. The maximum absolute atomic E-state index is 13.2. The van der Waals surface area contributed by atoms with Crippen molar-refractivity contribution in [3.05, 3.63) is 75.9 Å². The number of aliphatic hydroxyl groups excluding tert-OH is 1. The Morgan fingerprint density at radius 1 is 1.09 bits per heavy atom. The van der Waals surface area contributed by atoms with Crippen LogP contribution in [0.5, 0.6) is 0 Å². The number of aromatic nitrogens is 7. The molecule has 19 heteroatoms. The molecule has 12 nitrogen and oxygen atoms in total. The van der Waals surface area contributed by atoms with Crippen LogP contribution in [0.2, 0.25) is 5.02 Å². The fourth-order valence-electron chi connectivity index (χ4n) is 4.35. The minimum absolute atomic E-state index is 0.0541. The summed E-state index contributed by atoms with van der Waals surface area (Å²) in [6, 6.07) is 8.65. The maximum atomic E-state index is 13.2. The minimum atomic E-state index is -5.01. The lowest BCUT2D eigenvalue weighted by Gasteiger charge is -2.33. The molecule has 1 aliphatic rings. The van der Waals surface area contributed by atoms with Crippen LogP contribution in [0.1, 0.15) is 16.3 Å². The first kappa shape index (κ1) is 31.1. The molecular formula is C25H21ClF6N8O4. The monoisotopic (exact) mass is 646 g/mol. The van der Waals surface area contributed by atoms with Gasteiger partial charge in [0, 0.05) is 23.3 Å². The number of carbonyl (C=O) groups excluding carboxylic acids is 1. The van der Waals surface area contributed by atoms with Gasteiger partial charge in [0.1, 0.15) is 12.9 Å². The van der Waals surface area contributed by atoms with Crippen LogP contribution in [-0.4, -0.2) is 94.3 Å². The van der Waals surface area contributed by atoms with Crippen LogP contribution in [0.4, 0.5) is 26.3 Å². The number of morpholine rings is 1. The number of rotatable bonds is 7. The highest BCUT2D eigenvalue weighted by atomic mass is 35.5. The normalized spacial score (nSPS) is 16.7. The van der Waals surface area contributed by atoms with Crippen molar-refractivity contribution < 1.29 is 41.0 Å². The summed E-state index contributed by atoms with van der Waals surface area (Å²) in [5.74, 6) is -1.04. The van der Waals surface area contributed by atoms with Gasteiger partial charge in [-0.2, -0.15) is 26.3 Å². The van der Waals surface area contributed by atoms with Crippen molar-refractivity contribution in [2.45, 2.75) is 37.7 Å². The average molecular weight is 647 g/mol.